The van der Waals surface area contributed by atoms with Crippen LogP contribution in [0, 0.1) is 0 Å². The van der Waals surface area contributed by atoms with Crippen LogP contribution in [0.5, 0.6) is 0 Å². The van der Waals surface area contributed by atoms with E-state index in [9.17, 15) is 9.59 Å². The van der Waals surface area contributed by atoms with Gasteiger partial charge in [-0.3, -0.25) is 0 Å². The lowest BCUT2D eigenvalue weighted by Gasteiger charge is -2.49. The molecule has 0 radical (unpaired) electrons. The van der Waals surface area contributed by atoms with Gasteiger partial charge in [0.05, 0.1) is 0 Å². The first kappa shape index (κ1) is 12.0. The van der Waals surface area contributed by atoms with Gasteiger partial charge in [-0.15, -0.1) is 0 Å². The molecular formula is C11H16O6. The standard InChI is InChI=1S/C11H16O6/c12-8(13)16-10-3-1-4-11(7-10,6-2-5-10)17-9(14)15/h1-7H2,(H,12,13)(H,14,15). The van der Waals surface area contributed by atoms with E-state index in [-0.39, 0.29) is 0 Å². The summed E-state index contributed by atoms with van der Waals surface area (Å²) < 4.78 is 10.00. The molecule has 6 nitrogen and oxygen atoms in total. The molecule has 2 aliphatic carbocycles. The van der Waals surface area contributed by atoms with Crippen LogP contribution in [0.2, 0.25) is 0 Å². The average molecular weight is 244 g/mol. The van der Waals surface area contributed by atoms with Crippen molar-refractivity contribution in [3.63, 3.8) is 0 Å². The molecule has 2 aliphatic rings. The van der Waals surface area contributed by atoms with Crippen molar-refractivity contribution in [1.82, 2.24) is 0 Å². The van der Waals surface area contributed by atoms with Crippen molar-refractivity contribution in [2.24, 2.45) is 0 Å². The molecule has 2 fully saturated rings. The van der Waals surface area contributed by atoms with Gasteiger partial charge < -0.3 is 19.7 Å². The number of hydrogen-bond donors (Lipinski definition) is 2. The molecule has 17 heavy (non-hydrogen) atoms. The van der Waals surface area contributed by atoms with Crippen LogP contribution in [0.3, 0.4) is 0 Å². The molecule has 2 saturated carbocycles. The summed E-state index contributed by atoms with van der Waals surface area (Å²) in [5.41, 5.74) is -1.48. The number of hydrogen-bond acceptors (Lipinski definition) is 4. The van der Waals surface area contributed by atoms with Crippen LogP contribution in [0.25, 0.3) is 0 Å². The van der Waals surface area contributed by atoms with Gasteiger partial charge in [-0.25, -0.2) is 9.59 Å². The molecule has 0 aromatic carbocycles. The summed E-state index contributed by atoms with van der Waals surface area (Å²) in [6.45, 7) is 0. The summed E-state index contributed by atoms with van der Waals surface area (Å²) in [6.07, 6.45) is 1.87. The fourth-order valence-corrected chi connectivity index (χ4v) is 3.30. The molecule has 2 rings (SSSR count). The highest BCUT2D eigenvalue weighted by Crippen LogP contribution is 2.49. The topological polar surface area (TPSA) is 93.1 Å². The second kappa shape index (κ2) is 4.09. The number of carboxylic acid groups (broad SMARTS) is 2. The maximum atomic E-state index is 10.7. The lowest BCUT2D eigenvalue weighted by molar-refractivity contribution is -0.150. The first-order valence-corrected chi connectivity index (χ1v) is 5.79. The molecule has 0 spiro atoms. The highest BCUT2D eigenvalue weighted by atomic mass is 16.7. The van der Waals surface area contributed by atoms with Gasteiger partial charge in [-0.1, -0.05) is 0 Å². The van der Waals surface area contributed by atoms with E-state index >= 15 is 0 Å². The molecule has 0 aromatic rings. The van der Waals surface area contributed by atoms with Crippen LogP contribution in [0.15, 0.2) is 0 Å². The Kier molecular flexibility index (Phi) is 2.89. The van der Waals surface area contributed by atoms with Gasteiger partial charge in [0.25, 0.3) is 0 Å². The smallest absolute Gasteiger partial charge is 0.450 e. The van der Waals surface area contributed by atoms with E-state index in [2.05, 4.69) is 0 Å². The maximum absolute atomic E-state index is 10.7. The molecule has 0 aliphatic heterocycles. The number of fused-ring (bicyclic) bond motifs is 2. The Labute approximate surface area is 98.5 Å². The number of rotatable bonds is 2. The van der Waals surface area contributed by atoms with Crippen LogP contribution >= 0.6 is 0 Å². The molecule has 6 heteroatoms. The summed E-state index contributed by atoms with van der Waals surface area (Å²) in [7, 11) is 0. The molecular weight excluding hydrogens is 228 g/mol. The van der Waals surface area contributed by atoms with Gasteiger partial charge in [-0.2, -0.15) is 0 Å². The van der Waals surface area contributed by atoms with E-state index in [0.717, 1.165) is 12.8 Å². The molecule has 0 unspecified atom stereocenters. The summed E-state index contributed by atoms with van der Waals surface area (Å²) in [5, 5.41) is 17.5. The fourth-order valence-electron chi connectivity index (χ4n) is 3.30. The predicted octanol–water partition coefficient (Wildman–Crippen LogP) is 2.61. The van der Waals surface area contributed by atoms with Crippen LogP contribution in [0.1, 0.15) is 44.9 Å². The Morgan fingerprint density at radius 1 is 0.824 bits per heavy atom. The Morgan fingerprint density at radius 3 is 1.47 bits per heavy atom. The van der Waals surface area contributed by atoms with Gasteiger partial charge in [0.1, 0.15) is 11.2 Å². The minimum absolute atomic E-state index is 0.360. The Bertz CT molecular complexity index is 297. The van der Waals surface area contributed by atoms with E-state index in [4.69, 9.17) is 19.7 Å². The Balaban J connectivity index is 2.15. The third-order valence-electron chi connectivity index (χ3n) is 3.78. The Morgan fingerprint density at radius 2 is 1.18 bits per heavy atom. The van der Waals surface area contributed by atoms with Crippen LogP contribution < -0.4 is 0 Å². The summed E-state index contributed by atoms with van der Waals surface area (Å²) in [6, 6.07) is 0. The van der Waals surface area contributed by atoms with E-state index < -0.39 is 23.5 Å². The average Bonchev–Trinajstić information content (AvgIpc) is 2.13. The highest BCUT2D eigenvalue weighted by molar-refractivity contribution is 5.58. The van der Waals surface area contributed by atoms with E-state index in [1.807, 2.05) is 0 Å². The highest BCUT2D eigenvalue weighted by Gasteiger charge is 2.52. The first-order chi connectivity index (χ1) is 7.95. The molecule has 0 atom stereocenters. The SMILES string of the molecule is O=C(O)OC12CCCC(OC(=O)O)(CCC1)C2. The zero-order valence-corrected chi connectivity index (χ0v) is 9.48. The molecule has 0 amide bonds. The van der Waals surface area contributed by atoms with Crippen molar-refractivity contribution in [3.05, 3.63) is 0 Å². The quantitative estimate of drug-likeness (QED) is 0.725. The summed E-state index contributed by atoms with van der Waals surface area (Å²) >= 11 is 0. The van der Waals surface area contributed by atoms with Crippen molar-refractivity contribution < 1.29 is 29.3 Å². The monoisotopic (exact) mass is 244 g/mol. The third-order valence-corrected chi connectivity index (χ3v) is 3.78. The van der Waals surface area contributed by atoms with Crippen LogP contribution in [-0.4, -0.2) is 33.7 Å². The van der Waals surface area contributed by atoms with Gasteiger partial charge in [-0.05, 0) is 38.5 Å². The number of ether oxygens (including phenoxy) is 2. The normalized spacial score (nSPS) is 36.0. The van der Waals surface area contributed by atoms with E-state index in [1.54, 1.807) is 0 Å². The lowest BCUT2D eigenvalue weighted by Crippen LogP contribution is -2.53. The Hall–Kier alpha value is -1.46. The first-order valence-electron chi connectivity index (χ1n) is 5.79. The summed E-state index contributed by atoms with van der Waals surface area (Å²) in [5.74, 6) is 0. The molecule has 0 aromatic heterocycles. The zero-order chi connectivity index (χ0) is 12.5. The summed E-state index contributed by atoms with van der Waals surface area (Å²) in [4.78, 5) is 21.4. The third kappa shape index (κ3) is 2.45. The van der Waals surface area contributed by atoms with Crippen molar-refractivity contribution >= 4 is 12.3 Å². The predicted molar refractivity (Wildman–Crippen MR) is 56.0 cm³/mol. The number of carbonyl (C=O) groups is 2. The van der Waals surface area contributed by atoms with Crippen LogP contribution in [-0.2, 0) is 9.47 Å². The van der Waals surface area contributed by atoms with Gasteiger partial charge in [0.15, 0.2) is 0 Å². The van der Waals surface area contributed by atoms with Crippen molar-refractivity contribution in [2.45, 2.75) is 56.1 Å². The molecule has 96 valence electrons. The largest absolute Gasteiger partial charge is 0.506 e. The maximum Gasteiger partial charge on any atom is 0.506 e. The van der Waals surface area contributed by atoms with Gasteiger partial charge >= 0.3 is 12.3 Å². The van der Waals surface area contributed by atoms with Crippen molar-refractivity contribution in [2.75, 3.05) is 0 Å². The minimum atomic E-state index is -1.29. The molecule has 2 N–H and O–H groups in total. The van der Waals surface area contributed by atoms with Crippen molar-refractivity contribution in [1.29, 1.82) is 0 Å². The van der Waals surface area contributed by atoms with Gasteiger partial charge in [0.2, 0.25) is 0 Å². The molecule has 2 bridgehead atoms. The van der Waals surface area contributed by atoms with Crippen LogP contribution in [0.4, 0.5) is 9.59 Å². The lowest BCUT2D eigenvalue weighted by atomic mass is 9.66. The van der Waals surface area contributed by atoms with E-state index in [0.29, 0.717) is 32.1 Å². The van der Waals surface area contributed by atoms with E-state index in [1.165, 1.54) is 0 Å². The minimum Gasteiger partial charge on any atom is -0.450 e. The second-order valence-electron chi connectivity index (χ2n) is 4.99. The van der Waals surface area contributed by atoms with Gasteiger partial charge in [0, 0.05) is 6.42 Å². The molecule has 0 saturated heterocycles. The molecule has 0 heterocycles. The zero-order valence-electron chi connectivity index (χ0n) is 9.48. The second-order valence-corrected chi connectivity index (χ2v) is 4.99. The fraction of sp³-hybridized carbons (Fsp3) is 0.818. The van der Waals surface area contributed by atoms with Crippen molar-refractivity contribution in [3.8, 4) is 0 Å².